The molecule has 5 N–H and O–H groups in total. The van der Waals surface area contributed by atoms with Crippen LogP contribution in [0.4, 0.5) is 5.69 Å². The van der Waals surface area contributed by atoms with Crippen LogP contribution in [0.3, 0.4) is 0 Å². The predicted octanol–water partition coefficient (Wildman–Crippen LogP) is 0.437. The molecule has 0 aliphatic carbocycles. The molecule has 1 aromatic carbocycles. The highest BCUT2D eigenvalue weighted by Crippen LogP contribution is 2.24. The first-order chi connectivity index (χ1) is 15.4. The predicted molar refractivity (Wildman–Crippen MR) is 112 cm³/mol. The summed E-state index contributed by atoms with van der Waals surface area (Å²) in [5.74, 6) is -9.99. The van der Waals surface area contributed by atoms with E-state index in [1.54, 1.807) is 12.1 Å². The monoisotopic (exact) mass is 466 g/mol. The summed E-state index contributed by atoms with van der Waals surface area (Å²) in [4.78, 5) is 66.3. The summed E-state index contributed by atoms with van der Waals surface area (Å²) in [5, 5.41) is 36.4. The summed E-state index contributed by atoms with van der Waals surface area (Å²) in [6, 6.07) is 9.17. The number of aliphatic hydroxyl groups is 1. The number of carboxylic acids is 3. The quantitative estimate of drug-likeness (QED) is 0.301. The van der Waals surface area contributed by atoms with E-state index in [0.717, 1.165) is 19.8 Å². The van der Waals surface area contributed by atoms with E-state index in [-0.39, 0.29) is 11.8 Å². The van der Waals surface area contributed by atoms with Crippen molar-refractivity contribution in [1.82, 2.24) is 5.43 Å². The molecule has 12 heteroatoms. The van der Waals surface area contributed by atoms with Gasteiger partial charge in [0.2, 0.25) is 0 Å². The standard InChI is InChI=1S/C13H16N2O2.C8H10O8/c1-2-3-9-11-12(16)14-15(13(11)17)10-7-5-4-6-8-10;1-3(9)5(6(12)13)8(16,7(14)15)2-4(10)11/h4-8,11H,2-3,9H2,1H3,(H,14,16);5,16H,2H2,1H3,(H,10,11)(H,12,13)(H,14,15). The molecule has 1 heterocycles. The number of benzene rings is 1. The molecule has 1 aliphatic rings. The second-order valence-corrected chi connectivity index (χ2v) is 7.36. The molecule has 180 valence electrons. The van der Waals surface area contributed by atoms with Crippen LogP contribution in [-0.4, -0.2) is 61.5 Å². The molecular weight excluding hydrogens is 440 g/mol. The highest BCUT2D eigenvalue weighted by atomic mass is 16.4. The van der Waals surface area contributed by atoms with Gasteiger partial charge >= 0.3 is 17.9 Å². The highest BCUT2D eigenvalue weighted by molar-refractivity contribution is 6.14. The third kappa shape index (κ3) is 6.84. The number of hydrogen-bond donors (Lipinski definition) is 5. The van der Waals surface area contributed by atoms with E-state index in [9.17, 15) is 33.9 Å². The number of para-hydroxylation sites is 1. The van der Waals surface area contributed by atoms with Crippen LogP contribution in [0.1, 0.15) is 39.5 Å². The van der Waals surface area contributed by atoms with E-state index in [4.69, 9.17) is 15.3 Å². The van der Waals surface area contributed by atoms with Gasteiger partial charge < -0.3 is 20.4 Å². The van der Waals surface area contributed by atoms with Gasteiger partial charge in [0.05, 0.1) is 12.1 Å². The molecule has 2 amide bonds. The van der Waals surface area contributed by atoms with Gasteiger partial charge in [-0.25, -0.2) is 9.80 Å². The number of hydrogen-bond acceptors (Lipinski definition) is 7. The van der Waals surface area contributed by atoms with Crippen LogP contribution in [0, 0.1) is 11.8 Å². The van der Waals surface area contributed by atoms with E-state index >= 15 is 0 Å². The highest BCUT2D eigenvalue weighted by Gasteiger charge is 2.52. The van der Waals surface area contributed by atoms with Crippen LogP contribution >= 0.6 is 0 Å². The Morgan fingerprint density at radius 3 is 2.09 bits per heavy atom. The topological polar surface area (TPSA) is 199 Å². The van der Waals surface area contributed by atoms with Crippen molar-refractivity contribution in [3.63, 3.8) is 0 Å². The van der Waals surface area contributed by atoms with Crippen molar-refractivity contribution in [3.8, 4) is 0 Å². The largest absolute Gasteiger partial charge is 0.481 e. The van der Waals surface area contributed by atoms with Crippen LogP contribution in [0.2, 0.25) is 0 Å². The molecule has 1 saturated heterocycles. The van der Waals surface area contributed by atoms with Crippen molar-refractivity contribution in [1.29, 1.82) is 0 Å². The molecule has 0 bridgehead atoms. The summed E-state index contributed by atoms with van der Waals surface area (Å²) in [6.45, 7) is 2.81. The van der Waals surface area contributed by atoms with Crippen molar-refractivity contribution < 1.29 is 49.2 Å². The fraction of sp³-hybridized carbons (Fsp3) is 0.429. The van der Waals surface area contributed by atoms with Gasteiger partial charge in [-0.05, 0) is 25.5 Å². The fourth-order valence-electron chi connectivity index (χ4n) is 3.19. The van der Waals surface area contributed by atoms with E-state index in [2.05, 4.69) is 5.43 Å². The van der Waals surface area contributed by atoms with Crippen molar-refractivity contribution in [3.05, 3.63) is 30.3 Å². The number of aliphatic carboxylic acids is 3. The minimum atomic E-state index is -3.15. The number of nitrogens with zero attached hydrogens (tertiary/aromatic N) is 1. The molecule has 0 aromatic heterocycles. The molecule has 0 radical (unpaired) electrons. The zero-order valence-electron chi connectivity index (χ0n) is 18.1. The second-order valence-electron chi connectivity index (χ2n) is 7.36. The van der Waals surface area contributed by atoms with Crippen LogP contribution in [0.25, 0.3) is 0 Å². The van der Waals surface area contributed by atoms with Gasteiger partial charge in [0, 0.05) is 0 Å². The smallest absolute Gasteiger partial charge is 0.337 e. The summed E-state index contributed by atoms with van der Waals surface area (Å²) >= 11 is 0. The van der Waals surface area contributed by atoms with Gasteiger partial charge in [-0.2, -0.15) is 0 Å². The first kappa shape index (κ1) is 27.2. The Bertz CT molecular complexity index is 903. The zero-order chi connectivity index (χ0) is 25.3. The number of ketones is 1. The third-order valence-electron chi connectivity index (χ3n) is 4.84. The van der Waals surface area contributed by atoms with E-state index in [0.29, 0.717) is 12.1 Å². The molecule has 12 nitrogen and oxygen atoms in total. The summed E-state index contributed by atoms with van der Waals surface area (Å²) in [7, 11) is 0. The van der Waals surface area contributed by atoms with Crippen molar-refractivity contribution >= 4 is 41.2 Å². The third-order valence-corrected chi connectivity index (χ3v) is 4.84. The van der Waals surface area contributed by atoms with Gasteiger partial charge in [-0.15, -0.1) is 0 Å². The van der Waals surface area contributed by atoms with Gasteiger partial charge in [-0.1, -0.05) is 38.0 Å². The number of Topliss-reactive ketones (excluding diaryl/α,β-unsaturated/α-hetero) is 1. The first-order valence-electron chi connectivity index (χ1n) is 9.97. The Morgan fingerprint density at radius 2 is 1.67 bits per heavy atom. The average Bonchev–Trinajstić information content (AvgIpc) is 2.99. The van der Waals surface area contributed by atoms with Gasteiger partial charge in [0.25, 0.3) is 11.8 Å². The van der Waals surface area contributed by atoms with Crippen LogP contribution in [-0.2, 0) is 28.8 Å². The number of amides is 2. The Hall–Kier alpha value is -3.80. The Kier molecular flexibility index (Phi) is 9.67. The van der Waals surface area contributed by atoms with Crippen molar-refractivity contribution in [2.75, 3.05) is 5.01 Å². The Balaban J connectivity index is 0.000000331. The SMILES string of the molecule is CC(=O)C(C(=O)O)C(O)(CC(=O)O)C(=O)O.CCCCC1C(=O)NN(c2ccccc2)C1=O. The summed E-state index contributed by atoms with van der Waals surface area (Å²) in [5.41, 5.74) is 0.187. The van der Waals surface area contributed by atoms with Crippen LogP contribution < -0.4 is 10.4 Å². The summed E-state index contributed by atoms with van der Waals surface area (Å²) in [6.07, 6.45) is 1.14. The maximum atomic E-state index is 12.1. The van der Waals surface area contributed by atoms with Crippen molar-refractivity contribution in [2.45, 2.75) is 45.1 Å². The molecule has 1 aromatic rings. The Labute approximate surface area is 188 Å². The molecule has 2 rings (SSSR count). The number of anilines is 1. The Morgan fingerprint density at radius 1 is 1.09 bits per heavy atom. The number of carbonyl (C=O) groups is 6. The summed E-state index contributed by atoms with van der Waals surface area (Å²) < 4.78 is 0. The zero-order valence-corrected chi connectivity index (χ0v) is 18.1. The lowest BCUT2D eigenvalue weighted by molar-refractivity contribution is -0.180. The number of carboxylic acid groups (broad SMARTS) is 3. The molecule has 1 fully saturated rings. The number of nitrogens with one attached hydrogen (secondary N) is 1. The minimum absolute atomic E-state index is 0.144. The minimum Gasteiger partial charge on any atom is -0.481 e. The number of rotatable bonds is 10. The molecular formula is C21H26N2O10. The van der Waals surface area contributed by atoms with Gasteiger partial charge in [0.1, 0.15) is 11.7 Å². The maximum Gasteiger partial charge on any atom is 0.337 e. The number of carbonyl (C=O) groups excluding carboxylic acids is 3. The van der Waals surface area contributed by atoms with Crippen LogP contribution in [0.15, 0.2) is 30.3 Å². The lowest BCUT2D eigenvalue weighted by Gasteiger charge is -2.26. The molecule has 3 atom stereocenters. The second kappa shape index (κ2) is 11.7. The number of unbranched alkanes of at least 4 members (excludes halogenated alkanes) is 1. The maximum absolute atomic E-state index is 12.1. The van der Waals surface area contributed by atoms with Crippen LogP contribution in [0.5, 0.6) is 0 Å². The average molecular weight is 466 g/mol. The van der Waals surface area contributed by atoms with Gasteiger partial charge in [-0.3, -0.25) is 29.4 Å². The first-order valence-corrected chi connectivity index (χ1v) is 9.97. The number of hydrazine groups is 1. The lowest BCUT2D eigenvalue weighted by Crippen LogP contribution is -2.53. The lowest BCUT2D eigenvalue weighted by atomic mass is 9.82. The van der Waals surface area contributed by atoms with E-state index in [1.165, 1.54) is 5.01 Å². The van der Waals surface area contributed by atoms with E-state index < -0.39 is 47.5 Å². The van der Waals surface area contributed by atoms with Crippen molar-refractivity contribution in [2.24, 2.45) is 11.8 Å². The molecule has 33 heavy (non-hydrogen) atoms. The molecule has 1 aliphatic heterocycles. The van der Waals surface area contributed by atoms with Gasteiger partial charge in [0.15, 0.2) is 11.5 Å². The van der Waals surface area contributed by atoms with E-state index in [1.807, 2.05) is 25.1 Å². The molecule has 3 unspecified atom stereocenters. The molecule has 0 saturated carbocycles. The fourth-order valence-corrected chi connectivity index (χ4v) is 3.19. The normalized spacial score (nSPS) is 17.8. The molecule has 0 spiro atoms.